The van der Waals surface area contributed by atoms with Gasteiger partial charge in [0, 0.05) is 11.6 Å². The highest BCUT2D eigenvalue weighted by molar-refractivity contribution is 6.32. The summed E-state index contributed by atoms with van der Waals surface area (Å²) in [5.74, 6) is 0. The SMILES string of the molecule is O=c1ccc(-c2ccc(C(F)(F)F)cc2)c(Cl)[nH]1. The summed E-state index contributed by atoms with van der Waals surface area (Å²) >= 11 is 5.82. The lowest BCUT2D eigenvalue weighted by Crippen LogP contribution is -2.05. The van der Waals surface area contributed by atoms with Gasteiger partial charge in [-0.15, -0.1) is 0 Å². The van der Waals surface area contributed by atoms with Gasteiger partial charge in [-0.25, -0.2) is 0 Å². The molecule has 1 aromatic carbocycles. The van der Waals surface area contributed by atoms with Crippen LogP contribution in [0.15, 0.2) is 41.2 Å². The maximum absolute atomic E-state index is 12.4. The Bertz CT molecular complexity index is 616. The molecule has 1 heterocycles. The van der Waals surface area contributed by atoms with E-state index in [1.165, 1.54) is 24.3 Å². The number of nitrogens with one attached hydrogen (secondary N) is 1. The van der Waals surface area contributed by atoms with Crippen LogP contribution in [0.1, 0.15) is 5.56 Å². The van der Waals surface area contributed by atoms with Crippen LogP contribution in [0.4, 0.5) is 13.2 Å². The summed E-state index contributed by atoms with van der Waals surface area (Å²) in [5.41, 5.74) is -0.114. The first kappa shape index (κ1) is 12.7. The van der Waals surface area contributed by atoms with Crippen molar-refractivity contribution in [3.63, 3.8) is 0 Å². The maximum Gasteiger partial charge on any atom is 0.416 e. The number of hydrogen-bond donors (Lipinski definition) is 1. The van der Waals surface area contributed by atoms with Crippen LogP contribution >= 0.6 is 11.6 Å². The summed E-state index contributed by atoms with van der Waals surface area (Å²) in [4.78, 5) is 13.3. The summed E-state index contributed by atoms with van der Waals surface area (Å²) in [6, 6.07) is 7.28. The highest BCUT2D eigenvalue weighted by atomic mass is 35.5. The van der Waals surface area contributed by atoms with E-state index in [0.29, 0.717) is 11.1 Å². The molecule has 0 aliphatic rings. The van der Waals surface area contributed by atoms with Gasteiger partial charge in [-0.3, -0.25) is 4.79 Å². The molecule has 0 atom stereocenters. The average Bonchev–Trinajstić information content (AvgIpc) is 2.28. The molecule has 0 unspecified atom stereocenters. The summed E-state index contributed by atoms with van der Waals surface area (Å²) in [7, 11) is 0. The van der Waals surface area contributed by atoms with E-state index in [-0.39, 0.29) is 10.7 Å². The Balaban J connectivity index is 2.44. The van der Waals surface area contributed by atoms with Crippen molar-refractivity contribution in [3.8, 4) is 11.1 Å². The third kappa shape index (κ3) is 2.56. The summed E-state index contributed by atoms with van der Waals surface area (Å²) in [5, 5.41) is 0.0993. The molecule has 2 rings (SSSR count). The van der Waals surface area contributed by atoms with Crippen molar-refractivity contribution >= 4 is 11.6 Å². The molecule has 0 fully saturated rings. The maximum atomic E-state index is 12.4. The molecule has 18 heavy (non-hydrogen) atoms. The molecular formula is C12H7ClF3NO. The number of halogens is 4. The van der Waals surface area contributed by atoms with Gasteiger partial charge in [-0.2, -0.15) is 13.2 Å². The zero-order valence-electron chi connectivity index (χ0n) is 8.88. The molecule has 0 spiro atoms. The highest BCUT2D eigenvalue weighted by Crippen LogP contribution is 2.32. The number of rotatable bonds is 1. The quantitative estimate of drug-likeness (QED) is 0.789. The Hall–Kier alpha value is -1.75. The lowest BCUT2D eigenvalue weighted by molar-refractivity contribution is -0.137. The Labute approximate surface area is 105 Å². The number of alkyl halides is 3. The number of aromatic nitrogens is 1. The Morgan fingerprint density at radius 2 is 1.61 bits per heavy atom. The zero-order valence-corrected chi connectivity index (χ0v) is 9.64. The van der Waals surface area contributed by atoms with Gasteiger partial charge in [0.1, 0.15) is 5.15 Å². The second kappa shape index (κ2) is 4.49. The van der Waals surface area contributed by atoms with Crippen molar-refractivity contribution in [1.29, 1.82) is 0 Å². The van der Waals surface area contributed by atoms with Crippen molar-refractivity contribution in [2.75, 3.05) is 0 Å². The van der Waals surface area contributed by atoms with Crippen LogP contribution < -0.4 is 5.56 Å². The predicted molar refractivity (Wildman–Crippen MR) is 62.5 cm³/mol. The van der Waals surface area contributed by atoms with Gasteiger partial charge in [0.2, 0.25) is 5.56 Å². The van der Waals surface area contributed by atoms with E-state index in [1.54, 1.807) is 0 Å². The smallest absolute Gasteiger partial charge is 0.312 e. The molecule has 1 aromatic heterocycles. The fourth-order valence-electron chi connectivity index (χ4n) is 1.51. The van der Waals surface area contributed by atoms with E-state index in [0.717, 1.165) is 12.1 Å². The van der Waals surface area contributed by atoms with Crippen molar-refractivity contribution in [3.05, 3.63) is 57.5 Å². The second-order valence-corrected chi connectivity index (χ2v) is 4.00. The van der Waals surface area contributed by atoms with Crippen LogP contribution in [0.3, 0.4) is 0 Å². The van der Waals surface area contributed by atoms with Crippen LogP contribution in [0.5, 0.6) is 0 Å². The minimum absolute atomic E-state index is 0.0993. The topological polar surface area (TPSA) is 32.9 Å². The molecule has 94 valence electrons. The van der Waals surface area contributed by atoms with Crippen LogP contribution in [0, 0.1) is 0 Å². The zero-order chi connectivity index (χ0) is 13.3. The van der Waals surface area contributed by atoms with E-state index in [2.05, 4.69) is 4.98 Å². The average molecular weight is 274 g/mol. The molecular weight excluding hydrogens is 267 g/mol. The number of hydrogen-bond acceptors (Lipinski definition) is 1. The van der Waals surface area contributed by atoms with Crippen molar-refractivity contribution in [1.82, 2.24) is 4.98 Å². The normalized spacial score (nSPS) is 11.6. The van der Waals surface area contributed by atoms with Crippen LogP contribution in [-0.4, -0.2) is 4.98 Å². The van der Waals surface area contributed by atoms with Crippen molar-refractivity contribution in [2.24, 2.45) is 0 Å². The molecule has 6 heteroatoms. The van der Waals surface area contributed by atoms with Gasteiger partial charge in [-0.05, 0) is 23.8 Å². The van der Waals surface area contributed by atoms with Gasteiger partial charge in [0.05, 0.1) is 5.56 Å². The number of aromatic amines is 1. The second-order valence-electron chi connectivity index (χ2n) is 3.63. The number of benzene rings is 1. The fourth-order valence-corrected chi connectivity index (χ4v) is 1.78. The molecule has 0 aliphatic heterocycles. The molecule has 0 radical (unpaired) electrons. The number of H-pyrrole nitrogens is 1. The summed E-state index contributed by atoms with van der Waals surface area (Å²) < 4.78 is 37.1. The molecule has 0 aliphatic carbocycles. The van der Waals surface area contributed by atoms with Crippen molar-refractivity contribution < 1.29 is 13.2 Å². The summed E-state index contributed by atoms with van der Waals surface area (Å²) in [6.07, 6.45) is -4.37. The van der Waals surface area contributed by atoms with E-state index < -0.39 is 11.7 Å². The fraction of sp³-hybridized carbons (Fsp3) is 0.0833. The first-order valence-corrected chi connectivity index (χ1v) is 5.32. The molecule has 1 N–H and O–H groups in total. The first-order valence-electron chi connectivity index (χ1n) is 4.94. The molecule has 0 saturated heterocycles. The van der Waals surface area contributed by atoms with Crippen LogP contribution in [0.25, 0.3) is 11.1 Å². The largest absolute Gasteiger partial charge is 0.416 e. The van der Waals surface area contributed by atoms with Gasteiger partial charge in [0.25, 0.3) is 0 Å². The third-order valence-electron chi connectivity index (χ3n) is 2.39. The Morgan fingerprint density at radius 3 is 2.11 bits per heavy atom. The molecule has 0 amide bonds. The Morgan fingerprint density at radius 1 is 1.00 bits per heavy atom. The Kier molecular flexibility index (Phi) is 3.17. The minimum atomic E-state index is -4.37. The lowest BCUT2D eigenvalue weighted by atomic mass is 10.1. The van der Waals surface area contributed by atoms with Crippen molar-refractivity contribution in [2.45, 2.75) is 6.18 Å². The number of pyridine rings is 1. The molecule has 0 saturated carbocycles. The van der Waals surface area contributed by atoms with E-state index in [1.807, 2.05) is 0 Å². The molecule has 2 aromatic rings. The lowest BCUT2D eigenvalue weighted by Gasteiger charge is -2.08. The highest BCUT2D eigenvalue weighted by Gasteiger charge is 2.30. The molecule has 2 nitrogen and oxygen atoms in total. The monoisotopic (exact) mass is 273 g/mol. The standard InChI is InChI=1S/C12H7ClF3NO/c13-11-9(5-6-10(18)17-11)7-1-3-8(4-2-7)12(14,15)16/h1-6H,(H,17,18). The first-order chi connectivity index (χ1) is 8.38. The summed E-state index contributed by atoms with van der Waals surface area (Å²) in [6.45, 7) is 0. The van der Waals surface area contributed by atoms with Gasteiger partial charge in [-0.1, -0.05) is 23.7 Å². The van der Waals surface area contributed by atoms with Gasteiger partial charge >= 0.3 is 6.18 Å². The van der Waals surface area contributed by atoms with Gasteiger partial charge in [0.15, 0.2) is 0 Å². The van der Waals surface area contributed by atoms with E-state index >= 15 is 0 Å². The minimum Gasteiger partial charge on any atom is -0.312 e. The van der Waals surface area contributed by atoms with Crippen LogP contribution in [0.2, 0.25) is 5.15 Å². The third-order valence-corrected chi connectivity index (χ3v) is 2.69. The van der Waals surface area contributed by atoms with E-state index in [4.69, 9.17) is 11.6 Å². The van der Waals surface area contributed by atoms with Crippen LogP contribution in [-0.2, 0) is 6.18 Å². The van der Waals surface area contributed by atoms with Gasteiger partial charge < -0.3 is 4.98 Å². The predicted octanol–water partition coefficient (Wildman–Crippen LogP) is 3.71. The molecule has 0 bridgehead atoms. The van der Waals surface area contributed by atoms with E-state index in [9.17, 15) is 18.0 Å².